The van der Waals surface area contributed by atoms with E-state index in [9.17, 15) is 33.8 Å². The number of thioether (sulfide) groups is 1. The van der Waals surface area contributed by atoms with Gasteiger partial charge in [0.2, 0.25) is 11.8 Å². The van der Waals surface area contributed by atoms with E-state index in [-0.39, 0.29) is 18.1 Å². The van der Waals surface area contributed by atoms with Gasteiger partial charge >= 0.3 is 5.97 Å². The predicted octanol–water partition coefficient (Wildman–Crippen LogP) is 2.06. The number of aliphatic hydroxyl groups is 1. The summed E-state index contributed by atoms with van der Waals surface area (Å²) < 4.78 is 23.6. The third-order valence-corrected chi connectivity index (χ3v) is 7.02. The number of carbonyl (C=O) groups is 4. The number of carboxylic acids is 1. The number of ketones is 1. The van der Waals surface area contributed by atoms with Gasteiger partial charge in [-0.25, -0.2) is 4.39 Å². The summed E-state index contributed by atoms with van der Waals surface area (Å²) in [4.78, 5) is 54.3. The molecule has 0 saturated heterocycles. The Balaban J connectivity index is 1.65. The molecular weight excluding hydrogens is 571 g/mol. The molecule has 0 aliphatic rings. The molecule has 224 valence electrons. The summed E-state index contributed by atoms with van der Waals surface area (Å²) in [7, 11) is 1.43. The minimum atomic E-state index is -1.48. The molecule has 0 bridgehead atoms. The van der Waals surface area contributed by atoms with Gasteiger partial charge in [0.05, 0.1) is 37.9 Å². The average Bonchev–Trinajstić information content (AvgIpc) is 3.38. The van der Waals surface area contributed by atoms with Crippen molar-refractivity contribution in [3.8, 4) is 17.2 Å². The number of methoxy groups -OCH3 is 1. The third-order valence-electron chi connectivity index (χ3n) is 6.00. The summed E-state index contributed by atoms with van der Waals surface area (Å²) in [6, 6.07) is 7.74. The molecule has 3 rings (SSSR count). The van der Waals surface area contributed by atoms with Crippen LogP contribution in [0.15, 0.2) is 47.0 Å². The number of aromatic nitrogens is 2. The van der Waals surface area contributed by atoms with Crippen LogP contribution in [0.25, 0.3) is 11.5 Å². The maximum Gasteiger partial charge on any atom is 0.305 e. The highest BCUT2D eigenvalue weighted by Crippen LogP contribution is 2.26. The second kappa shape index (κ2) is 15.1. The maximum absolute atomic E-state index is 13.1. The fourth-order valence-corrected chi connectivity index (χ4v) is 4.83. The van der Waals surface area contributed by atoms with Gasteiger partial charge in [0.1, 0.15) is 17.6 Å². The number of ether oxygens (including phenoxy) is 1. The first kappa shape index (κ1) is 32.2. The Morgan fingerprint density at radius 2 is 1.83 bits per heavy atom. The van der Waals surface area contributed by atoms with Crippen molar-refractivity contribution in [2.45, 2.75) is 50.6 Å². The fourth-order valence-electron chi connectivity index (χ4n) is 3.90. The van der Waals surface area contributed by atoms with Crippen LogP contribution in [0.4, 0.5) is 4.39 Å². The molecule has 0 saturated carbocycles. The lowest BCUT2D eigenvalue weighted by molar-refractivity contribution is -0.140. The van der Waals surface area contributed by atoms with Crippen molar-refractivity contribution in [2.75, 3.05) is 12.9 Å². The molecule has 1 unspecified atom stereocenters. The SMILES string of the molecule is COc1ccc(-c2nc(C)no2)cc1CC(=O)N[C@H](C(=O)N[C@@H](CC(=O)O)C(=O)CSCc1ccc(F)cc1)C(C)O. The minimum absolute atomic E-state index is 0.128. The number of rotatable bonds is 15. The number of hydrogen-bond donors (Lipinski definition) is 4. The van der Waals surface area contributed by atoms with Crippen molar-refractivity contribution in [1.29, 1.82) is 0 Å². The van der Waals surface area contributed by atoms with E-state index in [0.717, 1.165) is 5.56 Å². The number of aryl methyl sites for hydroxylation is 1. The summed E-state index contributed by atoms with van der Waals surface area (Å²) in [6.45, 7) is 2.93. The number of nitrogens with zero attached hydrogens (tertiary/aromatic N) is 2. The Bertz CT molecular complexity index is 1410. The van der Waals surface area contributed by atoms with Crippen LogP contribution in [0.1, 0.15) is 30.3 Å². The molecule has 2 amide bonds. The average molecular weight is 603 g/mol. The van der Waals surface area contributed by atoms with Gasteiger partial charge in [-0.05, 0) is 49.7 Å². The summed E-state index contributed by atoms with van der Waals surface area (Å²) in [5.41, 5.74) is 1.74. The van der Waals surface area contributed by atoms with E-state index >= 15 is 0 Å². The quantitative estimate of drug-likeness (QED) is 0.200. The number of hydrogen-bond acceptors (Lipinski definition) is 10. The first-order valence-electron chi connectivity index (χ1n) is 12.8. The molecule has 14 heteroatoms. The van der Waals surface area contributed by atoms with Gasteiger partial charge in [0.25, 0.3) is 5.89 Å². The minimum Gasteiger partial charge on any atom is -0.496 e. The van der Waals surface area contributed by atoms with Crippen LogP contribution in [0.2, 0.25) is 0 Å². The van der Waals surface area contributed by atoms with Crippen LogP contribution < -0.4 is 15.4 Å². The second-order valence-electron chi connectivity index (χ2n) is 9.38. The molecule has 4 N–H and O–H groups in total. The third kappa shape index (κ3) is 9.38. The van der Waals surface area contributed by atoms with Crippen LogP contribution in [0.3, 0.4) is 0 Å². The molecule has 0 aliphatic heterocycles. The van der Waals surface area contributed by atoms with Crippen molar-refractivity contribution >= 4 is 35.3 Å². The zero-order valence-electron chi connectivity index (χ0n) is 23.1. The summed E-state index contributed by atoms with van der Waals surface area (Å²) >= 11 is 1.17. The first-order chi connectivity index (χ1) is 20.0. The summed E-state index contributed by atoms with van der Waals surface area (Å²) in [5.74, 6) is -2.57. The molecule has 0 radical (unpaired) electrons. The standard InChI is InChI=1S/C28H31FN4O8S/c1-15(34)26(32-24(36)11-19-10-18(6-9-23(19)40-3)28-30-16(2)33-41-28)27(39)31-21(12-25(37)38)22(35)14-42-13-17-4-7-20(29)8-5-17/h4-10,15,21,26,34H,11-14H2,1-3H3,(H,31,39)(H,32,36)(H,37,38)/t15?,21-,26-/m0/s1. The molecule has 3 atom stereocenters. The fraction of sp³-hybridized carbons (Fsp3) is 0.357. The smallest absolute Gasteiger partial charge is 0.305 e. The second-order valence-corrected chi connectivity index (χ2v) is 10.4. The number of halogens is 1. The van der Waals surface area contributed by atoms with Gasteiger partial charge in [0.15, 0.2) is 11.6 Å². The molecular formula is C28H31FN4O8S. The number of amides is 2. The van der Waals surface area contributed by atoms with E-state index in [1.54, 1.807) is 37.3 Å². The Labute approximate surface area is 245 Å². The van der Waals surface area contributed by atoms with E-state index in [1.165, 1.54) is 37.9 Å². The summed E-state index contributed by atoms with van der Waals surface area (Å²) in [5, 5.41) is 28.1. The number of aliphatic hydroxyl groups excluding tert-OH is 1. The Morgan fingerprint density at radius 1 is 1.12 bits per heavy atom. The van der Waals surface area contributed by atoms with Gasteiger partial charge in [-0.15, -0.1) is 11.8 Å². The molecule has 0 aliphatic carbocycles. The summed E-state index contributed by atoms with van der Waals surface area (Å²) in [6.07, 6.45) is -2.32. The van der Waals surface area contributed by atoms with Crippen LogP contribution in [0, 0.1) is 12.7 Å². The number of aliphatic carboxylic acids is 1. The monoisotopic (exact) mass is 602 g/mol. The number of nitrogens with one attached hydrogen (secondary N) is 2. The van der Waals surface area contributed by atoms with Crippen molar-refractivity contribution in [1.82, 2.24) is 20.8 Å². The van der Waals surface area contributed by atoms with Crippen LogP contribution in [-0.2, 0) is 31.4 Å². The highest BCUT2D eigenvalue weighted by molar-refractivity contribution is 7.99. The Hall–Kier alpha value is -4.30. The van der Waals surface area contributed by atoms with Crippen molar-refractivity contribution in [3.05, 3.63) is 65.2 Å². The zero-order chi connectivity index (χ0) is 30.8. The van der Waals surface area contributed by atoms with Gasteiger partial charge in [-0.2, -0.15) is 4.98 Å². The van der Waals surface area contributed by atoms with E-state index in [2.05, 4.69) is 20.8 Å². The Kier molecular flexibility index (Phi) is 11.6. The van der Waals surface area contributed by atoms with Gasteiger partial charge in [-0.3, -0.25) is 19.2 Å². The molecule has 3 aromatic rings. The first-order valence-corrected chi connectivity index (χ1v) is 13.9. The highest BCUT2D eigenvalue weighted by Gasteiger charge is 2.31. The normalized spacial score (nSPS) is 13.1. The Morgan fingerprint density at radius 3 is 2.43 bits per heavy atom. The van der Waals surface area contributed by atoms with Crippen LogP contribution in [0.5, 0.6) is 5.75 Å². The van der Waals surface area contributed by atoms with E-state index in [4.69, 9.17) is 9.26 Å². The lowest BCUT2D eigenvalue weighted by atomic mass is 10.0. The lowest BCUT2D eigenvalue weighted by Gasteiger charge is -2.24. The molecule has 0 fully saturated rings. The van der Waals surface area contributed by atoms with Gasteiger partial charge in [-0.1, -0.05) is 17.3 Å². The van der Waals surface area contributed by atoms with Crippen molar-refractivity contribution in [2.24, 2.45) is 0 Å². The number of carbonyl (C=O) groups excluding carboxylic acids is 3. The molecule has 1 heterocycles. The molecule has 12 nitrogen and oxygen atoms in total. The van der Waals surface area contributed by atoms with Gasteiger partial charge in [0, 0.05) is 16.9 Å². The van der Waals surface area contributed by atoms with Crippen LogP contribution in [-0.4, -0.2) is 75.0 Å². The van der Waals surface area contributed by atoms with Crippen molar-refractivity contribution in [3.63, 3.8) is 0 Å². The molecule has 42 heavy (non-hydrogen) atoms. The molecule has 0 spiro atoms. The van der Waals surface area contributed by atoms with Crippen LogP contribution >= 0.6 is 11.8 Å². The van der Waals surface area contributed by atoms with E-state index < -0.39 is 54.0 Å². The van der Waals surface area contributed by atoms with Crippen molar-refractivity contribution < 1.29 is 43.0 Å². The maximum atomic E-state index is 13.1. The lowest BCUT2D eigenvalue weighted by Crippen LogP contribution is -2.56. The number of Topliss-reactive ketones (excluding diaryl/α,β-unsaturated/α-hetero) is 1. The predicted molar refractivity (Wildman–Crippen MR) is 150 cm³/mol. The largest absolute Gasteiger partial charge is 0.496 e. The van der Waals surface area contributed by atoms with E-state index in [1.807, 2.05) is 0 Å². The molecule has 2 aromatic carbocycles. The van der Waals surface area contributed by atoms with Gasteiger partial charge < -0.3 is 30.1 Å². The van der Waals surface area contributed by atoms with E-state index in [0.29, 0.717) is 28.5 Å². The number of carboxylic acid groups (broad SMARTS) is 1. The topological polar surface area (TPSA) is 181 Å². The number of benzene rings is 2. The zero-order valence-corrected chi connectivity index (χ0v) is 23.9. The highest BCUT2D eigenvalue weighted by atomic mass is 32.2. The molecule has 1 aromatic heterocycles.